The molecule has 1 atom stereocenters. The minimum Gasteiger partial charge on any atom is -0.463 e. The Hall–Kier alpha value is -1.82. The lowest BCUT2D eigenvalue weighted by molar-refractivity contribution is -0.139. The van der Waals surface area contributed by atoms with Gasteiger partial charge in [-0.25, -0.2) is 9.59 Å². The molecule has 2 rings (SSSR count). The van der Waals surface area contributed by atoms with Gasteiger partial charge in [0.1, 0.15) is 0 Å². The van der Waals surface area contributed by atoms with Gasteiger partial charge < -0.3 is 15.4 Å². The van der Waals surface area contributed by atoms with Crippen LogP contribution < -0.4 is 10.6 Å². The summed E-state index contributed by atoms with van der Waals surface area (Å²) in [5, 5.41) is 5.36. The molecule has 6 heteroatoms. The summed E-state index contributed by atoms with van der Waals surface area (Å²) in [6.07, 6.45) is 0. The van der Waals surface area contributed by atoms with Crippen molar-refractivity contribution in [2.24, 2.45) is 0 Å². The maximum Gasteiger partial charge on any atom is 0.338 e. The molecule has 1 aromatic carbocycles. The molecule has 0 fully saturated rings. The van der Waals surface area contributed by atoms with E-state index in [1.54, 1.807) is 13.8 Å². The third-order valence-electron chi connectivity index (χ3n) is 2.98. The predicted octanol–water partition coefficient (Wildman–Crippen LogP) is 2.64. The first-order chi connectivity index (χ1) is 9.54. The smallest absolute Gasteiger partial charge is 0.338 e. The molecule has 0 unspecified atom stereocenters. The topological polar surface area (TPSA) is 67.4 Å². The molecule has 5 nitrogen and oxygen atoms in total. The van der Waals surface area contributed by atoms with Crippen LogP contribution in [0.15, 0.2) is 40.0 Å². The number of hydrogen-bond donors (Lipinski definition) is 2. The molecule has 0 radical (unpaired) electrons. The Balaban J connectivity index is 2.48. The van der Waals surface area contributed by atoms with E-state index in [0.717, 1.165) is 10.0 Å². The van der Waals surface area contributed by atoms with Crippen molar-refractivity contribution < 1.29 is 14.3 Å². The van der Waals surface area contributed by atoms with Gasteiger partial charge in [0.05, 0.1) is 18.2 Å². The maximum absolute atomic E-state index is 12.1. The van der Waals surface area contributed by atoms with Crippen molar-refractivity contribution in [3.63, 3.8) is 0 Å². The molecule has 20 heavy (non-hydrogen) atoms. The first-order valence-corrected chi connectivity index (χ1v) is 7.03. The minimum atomic E-state index is -0.529. The molecule has 106 valence electrons. The number of carbonyl (C=O) groups is 2. The molecule has 0 saturated heterocycles. The van der Waals surface area contributed by atoms with Gasteiger partial charge in [-0.05, 0) is 25.5 Å². The van der Waals surface area contributed by atoms with Crippen molar-refractivity contribution >= 4 is 27.9 Å². The van der Waals surface area contributed by atoms with Crippen LogP contribution in [-0.4, -0.2) is 18.6 Å². The van der Waals surface area contributed by atoms with Crippen molar-refractivity contribution in [1.29, 1.82) is 0 Å². The Bertz CT molecular complexity index is 584. The zero-order valence-electron chi connectivity index (χ0n) is 11.2. The summed E-state index contributed by atoms with van der Waals surface area (Å²) in [5.41, 5.74) is 1.73. The number of allylic oxidation sites excluding steroid dienone is 1. The summed E-state index contributed by atoms with van der Waals surface area (Å²) >= 11 is 3.44. The zero-order chi connectivity index (χ0) is 14.7. The fraction of sp³-hybridized carbons (Fsp3) is 0.286. The number of ether oxygens (including phenoxy) is 1. The average Bonchev–Trinajstić information content (AvgIpc) is 2.38. The summed E-state index contributed by atoms with van der Waals surface area (Å²) in [5.74, 6) is -0.432. The minimum absolute atomic E-state index is 0.284. The molecule has 0 saturated carbocycles. The van der Waals surface area contributed by atoms with Gasteiger partial charge in [-0.2, -0.15) is 0 Å². The number of carbonyl (C=O) groups excluding carboxylic acids is 2. The number of benzene rings is 1. The lowest BCUT2D eigenvalue weighted by Gasteiger charge is -2.28. The van der Waals surface area contributed by atoms with E-state index in [9.17, 15) is 9.59 Å². The number of halogens is 1. The van der Waals surface area contributed by atoms with Gasteiger partial charge >= 0.3 is 12.0 Å². The van der Waals surface area contributed by atoms with Crippen LogP contribution in [0.4, 0.5) is 4.79 Å². The van der Waals surface area contributed by atoms with E-state index in [2.05, 4.69) is 26.6 Å². The van der Waals surface area contributed by atoms with Crippen LogP contribution in [0.1, 0.15) is 25.5 Å². The molecule has 1 aliphatic heterocycles. The third kappa shape index (κ3) is 2.85. The molecule has 0 spiro atoms. The number of urea groups is 1. The monoisotopic (exact) mass is 338 g/mol. The Morgan fingerprint density at radius 1 is 1.40 bits per heavy atom. The Morgan fingerprint density at radius 3 is 2.75 bits per heavy atom. The van der Waals surface area contributed by atoms with Crippen LogP contribution in [0.25, 0.3) is 0 Å². The van der Waals surface area contributed by atoms with Crippen molar-refractivity contribution in [2.45, 2.75) is 19.9 Å². The van der Waals surface area contributed by atoms with E-state index in [4.69, 9.17) is 4.74 Å². The Morgan fingerprint density at radius 2 is 2.10 bits per heavy atom. The number of esters is 1. The van der Waals surface area contributed by atoms with E-state index in [1.165, 1.54) is 0 Å². The van der Waals surface area contributed by atoms with E-state index in [0.29, 0.717) is 11.3 Å². The van der Waals surface area contributed by atoms with Crippen LogP contribution in [0.3, 0.4) is 0 Å². The molecule has 0 aliphatic carbocycles. The molecule has 2 N–H and O–H groups in total. The highest BCUT2D eigenvalue weighted by Gasteiger charge is 2.32. The summed E-state index contributed by atoms with van der Waals surface area (Å²) in [6.45, 7) is 3.72. The van der Waals surface area contributed by atoms with Crippen LogP contribution >= 0.6 is 15.9 Å². The largest absolute Gasteiger partial charge is 0.463 e. The molecule has 0 bridgehead atoms. The first kappa shape index (κ1) is 14.6. The highest BCUT2D eigenvalue weighted by atomic mass is 79.9. The van der Waals surface area contributed by atoms with E-state index < -0.39 is 12.0 Å². The van der Waals surface area contributed by atoms with Gasteiger partial charge in [-0.3, -0.25) is 0 Å². The van der Waals surface area contributed by atoms with Gasteiger partial charge in [-0.1, -0.05) is 34.1 Å². The van der Waals surface area contributed by atoms with Crippen LogP contribution in [0, 0.1) is 0 Å². The average molecular weight is 339 g/mol. The number of amides is 2. The number of hydrogen-bond acceptors (Lipinski definition) is 3. The highest BCUT2D eigenvalue weighted by Crippen LogP contribution is 2.32. The van der Waals surface area contributed by atoms with Gasteiger partial charge in [0, 0.05) is 10.2 Å². The summed E-state index contributed by atoms with van der Waals surface area (Å²) < 4.78 is 5.90. The predicted molar refractivity (Wildman–Crippen MR) is 77.9 cm³/mol. The van der Waals surface area contributed by atoms with Crippen molar-refractivity contribution in [2.75, 3.05) is 6.61 Å². The molecular weight excluding hydrogens is 324 g/mol. The van der Waals surface area contributed by atoms with Crippen molar-refractivity contribution in [3.8, 4) is 0 Å². The fourth-order valence-corrected chi connectivity index (χ4v) is 2.63. The molecule has 1 aliphatic rings. The van der Waals surface area contributed by atoms with Gasteiger partial charge in [-0.15, -0.1) is 0 Å². The van der Waals surface area contributed by atoms with Crippen LogP contribution in [0.2, 0.25) is 0 Å². The van der Waals surface area contributed by atoms with Crippen LogP contribution in [-0.2, 0) is 9.53 Å². The lowest BCUT2D eigenvalue weighted by Crippen LogP contribution is -2.45. The molecule has 1 heterocycles. The number of nitrogens with one attached hydrogen (secondary N) is 2. The molecule has 2 amide bonds. The Labute approximate surface area is 125 Å². The van der Waals surface area contributed by atoms with E-state index in [-0.39, 0.29) is 12.6 Å². The first-order valence-electron chi connectivity index (χ1n) is 6.24. The standard InChI is InChI=1S/C14H15BrN2O3/c1-3-20-13(18)11-8(2)16-14(19)17-12(11)9-6-4-5-7-10(9)15/h4-7,12H,3H2,1-2H3,(H2,16,17,19)/t12-/m0/s1. The second kappa shape index (κ2) is 6.09. The van der Waals surface area contributed by atoms with Crippen molar-refractivity contribution in [1.82, 2.24) is 10.6 Å². The second-order valence-electron chi connectivity index (χ2n) is 4.31. The quantitative estimate of drug-likeness (QED) is 0.832. The highest BCUT2D eigenvalue weighted by molar-refractivity contribution is 9.10. The van der Waals surface area contributed by atoms with Crippen LogP contribution in [0.5, 0.6) is 0 Å². The van der Waals surface area contributed by atoms with E-state index >= 15 is 0 Å². The number of rotatable bonds is 3. The van der Waals surface area contributed by atoms with Gasteiger partial charge in [0.15, 0.2) is 0 Å². The lowest BCUT2D eigenvalue weighted by atomic mass is 9.96. The van der Waals surface area contributed by atoms with Crippen molar-refractivity contribution in [3.05, 3.63) is 45.6 Å². The zero-order valence-corrected chi connectivity index (χ0v) is 12.8. The summed E-state index contributed by atoms with van der Waals surface area (Å²) in [7, 11) is 0. The van der Waals surface area contributed by atoms with Gasteiger partial charge in [0.2, 0.25) is 0 Å². The Kier molecular flexibility index (Phi) is 4.44. The molecular formula is C14H15BrN2O3. The third-order valence-corrected chi connectivity index (χ3v) is 3.70. The summed E-state index contributed by atoms with van der Waals surface area (Å²) in [6, 6.07) is 6.58. The van der Waals surface area contributed by atoms with Gasteiger partial charge in [0.25, 0.3) is 0 Å². The fourth-order valence-electron chi connectivity index (χ4n) is 2.12. The SMILES string of the molecule is CCOC(=O)C1=C(C)NC(=O)N[C@H]1c1ccccc1Br. The summed E-state index contributed by atoms with van der Waals surface area (Å²) in [4.78, 5) is 23.8. The van der Waals surface area contributed by atoms with E-state index in [1.807, 2.05) is 24.3 Å². The normalized spacial score (nSPS) is 18.4. The molecule has 1 aromatic rings. The maximum atomic E-state index is 12.1. The second-order valence-corrected chi connectivity index (χ2v) is 5.17. The molecule has 0 aromatic heterocycles.